The van der Waals surface area contributed by atoms with Crippen LogP contribution in [0.4, 0.5) is 5.69 Å². The van der Waals surface area contributed by atoms with Crippen molar-refractivity contribution in [3.05, 3.63) is 24.3 Å². The standard InChI is InChI=1S/C14H22N2O4S/c1-5-14(6-2,13(17)18)15-11-9-7-8-10-12(11)21(19,20)16(3)4/h7-10,15H,5-6H2,1-4H3,(H,17,18). The van der Waals surface area contributed by atoms with Crippen LogP contribution in [0.1, 0.15) is 26.7 Å². The third-order valence-electron chi connectivity index (χ3n) is 3.64. The zero-order chi connectivity index (χ0) is 16.3. The summed E-state index contributed by atoms with van der Waals surface area (Å²) in [5.41, 5.74) is -0.880. The van der Waals surface area contributed by atoms with Gasteiger partial charge in [0.1, 0.15) is 10.4 Å². The number of carboxylic acids is 1. The van der Waals surface area contributed by atoms with Crippen molar-refractivity contribution in [3.63, 3.8) is 0 Å². The minimum absolute atomic E-state index is 0.0718. The van der Waals surface area contributed by atoms with Gasteiger partial charge in [0.05, 0.1) is 5.69 Å². The first kappa shape index (κ1) is 17.5. The average molecular weight is 314 g/mol. The third kappa shape index (κ3) is 3.36. The number of hydrogen-bond donors (Lipinski definition) is 2. The van der Waals surface area contributed by atoms with Crippen molar-refractivity contribution in [2.24, 2.45) is 0 Å². The fourth-order valence-corrected chi connectivity index (χ4v) is 3.07. The van der Waals surface area contributed by atoms with Gasteiger partial charge in [0.2, 0.25) is 10.0 Å². The Hall–Kier alpha value is -1.60. The average Bonchev–Trinajstić information content (AvgIpc) is 2.44. The summed E-state index contributed by atoms with van der Waals surface area (Å²) >= 11 is 0. The molecule has 0 aliphatic carbocycles. The molecule has 0 aliphatic rings. The molecule has 0 aliphatic heterocycles. The van der Waals surface area contributed by atoms with Crippen molar-refractivity contribution in [2.45, 2.75) is 37.1 Å². The normalized spacial score (nSPS) is 12.4. The van der Waals surface area contributed by atoms with E-state index in [1.54, 1.807) is 32.0 Å². The Bertz CT molecular complexity index is 607. The molecule has 0 fully saturated rings. The Morgan fingerprint density at radius 2 is 1.76 bits per heavy atom. The van der Waals surface area contributed by atoms with E-state index in [2.05, 4.69) is 5.32 Å². The quantitative estimate of drug-likeness (QED) is 0.804. The van der Waals surface area contributed by atoms with Crippen LogP contribution >= 0.6 is 0 Å². The van der Waals surface area contributed by atoms with Crippen LogP contribution in [-0.2, 0) is 14.8 Å². The minimum Gasteiger partial charge on any atom is -0.480 e. The number of nitrogens with one attached hydrogen (secondary N) is 1. The molecule has 1 aromatic rings. The topological polar surface area (TPSA) is 86.7 Å². The molecule has 1 rings (SSSR count). The SMILES string of the molecule is CCC(CC)(Nc1ccccc1S(=O)(=O)N(C)C)C(=O)O. The molecular formula is C14H22N2O4S. The van der Waals surface area contributed by atoms with Gasteiger partial charge in [-0.2, -0.15) is 0 Å². The molecular weight excluding hydrogens is 292 g/mol. The molecule has 2 N–H and O–H groups in total. The van der Waals surface area contributed by atoms with E-state index >= 15 is 0 Å². The van der Waals surface area contributed by atoms with Gasteiger partial charge in [0, 0.05) is 14.1 Å². The summed E-state index contributed by atoms with van der Waals surface area (Å²) in [6, 6.07) is 6.34. The molecule has 0 heterocycles. The summed E-state index contributed by atoms with van der Waals surface area (Å²) in [5.74, 6) is -0.996. The first-order valence-corrected chi connectivity index (χ1v) is 8.18. The molecule has 118 valence electrons. The molecule has 1 aromatic carbocycles. The number of benzene rings is 1. The lowest BCUT2D eigenvalue weighted by Gasteiger charge is -2.30. The Kier molecular flexibility index (Phi) is 5.36. The summed E-state index contributed by atoms with van der Waals surface area (Å²) in [4.78, 5) is 11.6. The molecule has 21 heavy (non-hydrogen) atoms. The van der Waals surface area contributed by atoms with Crippen molar-refractivity contribution in [1.29, 1.82) is 0 Å². The highest BCUT2D eigenvalue weighted by Gasteiger charge is 2.36. The highest BCUT2D eigenvalue weighted by Crippen LogP contribution is 2.29. The number of carbonyl (C=O) groups is 1. The van der Waals surface area contributed by atoms with Crippen molar-refractivity contribution in [1.82, 2.24) is 4.31 Å². The molecule has 0 radical (unpaired) electrons. The number of carboxylic acid groups (broad SMARTS) is 1. The van der Waals surface area contributed by atoms with Gasteiger partial charge >= 0.3 is 5.97 Å². The second kappa shape index (κ2) is 6.44. The van der Waals surface area contributed by atoms with Gasteiger partial charge in [0.25, 0.3) is 0 Å². The Morgan fingerprint density at radius 1 is 1.24 bits per heavy atom. The maximum atomic E-state index is 12.3. The molecule has 0 atom stereocenters. The second-order valence-electron chi connectivity index (χ2n) is 5.00. The minimum atomic E-state index is -3.64. The molecule has 0 unspecified atom stereocenters. The molecule has 0 bridgehead atoms. The number of rotatable bonds is 7. The molecule has 0 aromatic heterocycles. The summed E-state index contributed by atoms with van der Waals surface area (Å²) in [6.07, 6.45) is 0.685. The molecule has 7 heteroatoms. The second-order valence-corrected chi connectivity index (χ2v) is 7.12. The van der Waals surface area contributed by atoms with E-state index in [9.17, 15) is 18.3 Å². The van der Waals surface area contributed by atoms with E-state index in [-0.39, 0.29) is 4.90 Å². The molecule has 0 spiro atoms. The predicted octanol–water partition coefficient (Wildman–Crippen LogP) is 1.99. The highest BCUT2D eigenvalue weighted by atomic mass is 32.2. The van der Waals surface area contributed by atoms with Gasteiger partial charge in [-0.3, -0.25) is 0 Å². The fourth-order valence-electron chi connectivity index (χ4n) is 2.03. The first-order valence-electron chi connectivity index (χ1n) is 6.74. The van der Waals surface area contributed by atoms with E-state index in [1.165, 1.54) is 20.2 Å². The fraction of sp³-hybridized carbons (Fsp3) is 0.500. The molecule has 0 amide bonds. The van der Waals surface area contributed by atoms with Crippen molar-refractivity contribution < 1.29 is 18.3 Å². The van der Waals surface area contributed by atoms with Crippen LogP contribution in [0, 0.1) is 0 Å². The Labute approximate surface area is 125 Å². The largest absolute Gasteiger partial charge is 0.480 e. The van der Waals surface area contributed by atoms with Gasteiger partial charge in [-0.15, -0.1) is 0 Å². The van der Waals surface area contributed by atoms with Crippen LogP contribution < -0.4 is 5.32 Å². The van der Waals surface area contributed by atoms with Crippen LogP contribution in [0.5, 0.6) is 0 Å². The van der Waals surface area contributed by atoms with Crippen molar-refractivity contribution in [3.8, 4) is 0 Å². The van der Waals surface area contributed by atoms with E-state index in [4.69, 9.17) is 0 Å². The molecule has 0 saturated heterocycles. The van der Waals surface area contributed by atoms with Crippen LogP contribution in [0.2, 0.25) is 0 Å². The van der Waals surface area contributed by atoms with E-state index in [1.807, 2.05) is 0 Å². The van der Waals surface area contributed by atoms with Gasteiger partial charge in [0.15, 0.2) is 0 Å². The van der Waals surface area contributed by atoms with Crippen LogP contribution in [0.15, 0.2) is 29.2 Å². The van der Waals surface area contributed by atoms with Gasteiger partial charge in [-0.25, -0.2) is 17.5 Å². The van der Waals surface area contributed by atoms with Gasteiger partial charge < -0.3 is 10.4 Å². The van der Waals surface area contributed by atoms with Crippen LogP contribution in [-0.4, -0.2) is 43.4 Å². The molecule has 6 nitrogen and oxygen atoms in total. The number of nitrogens with zero attached hydrogens (tertiary/aromatic N) is 1. The summed E-state index contributed by atoms with van der Waals surface area (Å²) in [5, 5.41) is 12.4. The maximum absolute atomic E-state index is 12.3. The van der Waals surface area contributed by atoms with Crippen molar-refractivity contribution in [2.75, 3.05) is 19.4 Å². The van der Waals surface area contributed by atoms with Gasteiger partial charge in [-0.05, 0) is 25.0 Å². The summed E-state index contributed by atoms with van der Waals surface area (Å²) < 4.78 is 25.8. The summed E-state index contributed by atoms with van der Waals surface area (Å²) in [7, 11) is -0.763. The Balaban J connectivity index is 3.37. The van der Waals surface area contributed by atoms with Gasteiger partial charge in [-0.1, -0.05) is 26.0 Å². The maximum Gasteiger partial charge on any atom is 0.329 e. The zero-order valence-electron chi connectivity index (χ0n) is 12.8. The van der Waals surface area contributed by atoms with E-state index < -0.39 is 21.5 Å². The van der Waals surface area contributed by atoms with Crippen LogP contribution in [0.25, 0.3) is 0 Å². The Morgan fingerprint density at radius 3 is 2.19 bits per heavy atom. The highest BCUT2D eigenvalue weighted by molar-refractivity contribution is 7.89. The molecule has 0 saturated carbocycles. The number of para-hydroxylation sites is 1. The third-order valence-corrected chi connectivity index (χ3v) is 5.51. The van der Waals surface area contributed by atoms with Crippen LogP contribution in [0.3, 0.4) is 0 Å². The van der Waals surface area contributed by atoms with E-state index in [0.717, 1.165) is 4.31 Å². The number of aliphatic carboxylic acids is 1. The lowest BCUT2D eigenvalue weighted by molar-refractivity contribution is -0.142. The lowest BCUT2D eigenvalue weighted by Crippen LogP contribution is -2.45. The predicted molar refractivity (Wildman–Crippen MR) is 81.9 cm³/mol. The number of hydrogen-bond acceptors (Lipinski definition) is 4. The zero-order valence-corrected chi connectivity index (χ0v) is 13.6. The number of sulfonamides is 1. The smallest absolute Gasteiger partial charge is 0.329 e. The number of anilines is 1. The first-order chi connectivity index (χ1) is 9.71. The monoisotopic (exact) mass is 314 g/mol. The van der Waals surface area contributed by atoms with E-state index in [0.29, 0.717) is 18.5 Å². The lowest BCUT2D eigenvalue weighted by atomic mass is 9.92. The van der Waals surface area contributed by atoms with Crippen molar-refractivity contribution >= 4 is 21.7 Å². The summed E-state index contributed by atoms with van der Waals surface area (Å²) in [6.45, 7) is 3.52.